The lowest BCUT2D eigenvalue weighted by Crippen LogP contribution is -2.33. The molecule has 1 aromatic rings. The van der Waals surface area contributed by atoms with E-state index in [4.69, 9.17) is 0 Å². The minimum atomic E-state index is -1.13. The van der Waals surface area contributed by atoms with Crippen molar-refractivity contribution < 1.29 is 14.7 Å². The van der Waals surface area contributed by atoms with E-state index in [2.05, 4.69) is 26.0 Å². The van der Waals surface area contributed by atoms with Gasteiger partial charge in [-0.3, -0.25) is 4.79 Å². The van der Waals surface area contributed by atoms with Gasteiger partial charge < -0.3 is 14.8 Å². The third-order valence-corrected chi connectivity index (χ3v) is 3.57. The lowest BCUT2D eigenvalue weighted by atomic mass is 10.0. The van der Waals surface area contributed by atoms with Crippen LogP contribution >= 0.6 is 0 Å². The number of amides is 1. The Balaban J connectivity index is 2.01. The molecule has 4 nitrogen and oxygen atoms in total. The molecular formula is C15H18NO3-. The van der Waals surface area contributed by atoms with E-state index < -0.39 is 11.9 Å². The molecule has 1 atom stereocenters. The first kappa shape index (κ1) is 13.6. The van der Waals surface area contributed by atoms with Crippen molar-refractivity contribution in [3.8, 4) is 0 Å². The van der Waals surface area contributed by atoms with Gasteiger partial charge in [0.05, 0.1) is 0 Å². The molecule has 0 aliphatic carbocycles. The van der Waals surface area contributed by atoms with Gasteiger partial charge in [-0.15, -0.1) is 0 Å². The van der Waals surface area contributed by atoms with Crippen molar-refractivity contribution in [2.45, 2.75) is 32.7 Å². The second-order valence-electron chi connectivity index (χ2n) is 5.39. The molecule has 1 amide bonds. The van der Waals surface area contributed by atoms with E-state index in [0.717, 1.165) is 5.56 Å². The number of carbonyl (C=O) groups is 2. The van der Waals surface area contributed by atoms with Crippen LogP contribution in [0.15, 0.2) is 24.3 Å². The number of carbonyl (C=O) groups excluding carboxylic acids is 2. The molecule has 1 aromatic carbocycles. The van der Waals surface area contributed by atoms with Gasteiger partial charge in [-0.2, -0.15) is 0 Å². The van der Waals surface area contributed by atoms with Gasteiger partial charge in [-0.25, -0.2) is 0 Å². The van der Waals surface area contributed by atoms with E-state index >= 15 is 0 Å². The standard InChI is InChI=1S/C15H19NO3/c1-10(2)12-5-3-11(4-6-12)8-16-9-13(15(18)19)7-14(16)17/h3-6,10,13H,7-9H2,1-2H3,(H,18,19)/p-1/t13-/m1/s1. The zero-order chi connectivity index (χ0) is 14.0. The lowest BCUT2D eigenvalue weighted by molar-refractivity contribution is -0.311. The lowest BCUT2D eigenvalue weighted by Gasteiger charge is -2.17. The average Bonchev–Trinajstić information content (AvgIpc) is 2.72. The van der Waals surface area contributed by atoms with Crippen molar-refractivity contribution in [3.63, 3.8) is 0 Å². The van der Waals surface area contributed by atoms with Gasteiger partial charge in [0.2, 0.25) is 5.91 Å². The summed E-state index contributed by atoms with van der Waals surface area (Å²) in [5, 5.41) is 10.8. The fourth-order valence-corrected chi connectivity index (χ4v) is 2.31. The molecule has 4 heteroatoms. The predicted octanol–water partition coefficient (Wildman–Crippen LogP) is 0.908. The smallest absolute Gasteiger partial charge is 0.223 e. The van der Waals surface area contributed by atoms with Gasteiger partial charge in [0.1, 0.15) is 0 Å². The highest BCUT2D eigenvalue weighted by molar-refractivity contribution is 5.85. The van der Waals surface area contributed by atoms with Gasteiger partial charge >= 0.3 is 0 Å². The highest BCUT2D eigenvalue weighted by Gasteiger charge is 2.30. The maximum absolute atomic E-state index is 11.7. The Labute approximate surface area is 113 Å². The van der Waals surface area contributed by atoms with Crippen molar-refractivity contribution in [2.75, 3.05) is 6.54 Å². The number of carboxylic acids is 1. The summed E-state index contributed by atoms with van der Waals surface area (Å²) in [6, 6.07) is 8.09. The highest BCUT2D eigenvalue weighted by Crippen LogP contribution is 2.21. The maximum Gasteiger partial charge on any atom is 0.223 e. The van der Waals surface area contributed by atoms with E-state index in [0.29, 0.717) is 12.5 Å². The Bertz CT molecular complexity index is 479. The van der Waals surface area contributed by atoms with Gasteiger partial charge in [0.15, 0.2) is 0 Å². The molecule has 0 unspecified atom stereocenters. The van der Waals surface area contributed by atoms with Gasteiger partial charge in [0, 0.05) is 31.4 Å². The summed E-state index contributed by atoms with van der Waals surface area (Å²) < 4.78 is 0. The topological polar surface area (TPSA) is 60.4 Å². The molecule has 0 N–H and O–H groups in total. The van der Waals surface area contributed by atoms with Crippen LogP contribution in [-0.4, -0.2) is 23.3 Å². The summed E-state index contributed by atoms with van der Waals surface area (Å²) in [6.45, 7) is 4.99. The number of likely N-dealkylation sites (tertiary alicyclic amines) is 1. The molecule has 0 saturated carbocycles. The molecule has 2 rings (SSSR count). The summed E-state index contributed by atoms with van der Waals surface area (Å²) in [5.41, 5.74) is 2.28. The van der Waals surface area contributed by atoms with E-state index in [9.17, 15) is 14.7 Å². The van der Waals surface area contributed by atoms with E-state index in [-0.39, 0.29) is 18.9 Å². The van der Waals surface area contributed by atoms with Crippen LogP contribution in [0.1, 0.15) is 37.3 Å². The molecule has 1 aliphatic heterocycles. The van der Waals surface area contributed by atoms with Gasteiger partial charge in [-0.1, -0.05) is 38.1 Å². The van der Waals surface area contributed by atoms with Crippen LogP contribution in [0.25, 0.3) is 0 Å². The molecule has 1 aliphatic rings. The molecule has 1 fully saturated rings. The summed E-state index contributed by atoms with van der Waals surface area (Å²) in [6.07, 6.45) is 0.0619. The van der Waals surface area contributed by atoms with Crippen molar-refractivity contribution in [3.05, 3.63) is 35.4 Å². The minimum Gasteiger partial charge on any atom is -0.550 e. The number of benzene rings is 1. The first-order valence-corrected chi connectivity index (χ1v) is 6.55. The molecule has 0 aromatic heterocycles. The van der Waals surface area contributed by atoms with Crippen LogP contribution in [0.4, 0.5) is 0 Å². The normalized spacial score (nSPS) is 19.2. The van der Waals surface area contributed by atoms with Gasteiger partial charge in [-0.05, 0) is 17.0 Å². The van der Waals surface area contributed by atoms with Crippen LogP contribution in [0.3, 0.4) is 0 Å². The molecular weight excluding hydrogens is 242 g/mol. The van der Waals surface area contributed by atoms with Crippen molar-refractivity contribution in [2.24, 2.45) is 5.92 Å². The number of hydrogen-bond acceptors (Lipinski definition) is 3. The van der Waals surface area contributed by atoms with E-state index in [1.807, 2.05) is 12.1 Å². The SMILES string of the molecule is CC(C)c1ccc(CN2C[C@H](C(=O)[O-])CC2=O)cc1. The monoisotopic (exact) mass is 260 g/mol. The van der Waals surface area contributed by atoms with Crippen LogP contribution in [0, 0.1) is 5.92 Å². The Morgan fingerprint density at radius 3 is 2.47 bits per heavy atom. The van der Waals surface area contributed by atoms with Crippen LogP contribution in [0.2, 0.25) is 0 Å². The third-order valence-electron chi connectivity index (χ3n) is 3.57. The Hall–Kier alpha value is -1.84. The zero-order valence-corrected chi connectivity index (χ0v) is 11.3. The van der Waals surface area contributed by atoms with Crippen LogP contribution in [0.5, 0.6) is 0 Å². The molecule has 0 radical (unpaired) electrons. The molecule has 0 bridgehead atoms. The number of carboxylic acid groups (broad SMARTS) is 1. The number of hydrogen-bond donors (Lipinski definition) is 0. The Morgan fingerprint density at radius 1 is 1.37 bits per heavy atom. The molecule has 19 heavy (non-hydrogen) atoms. The van der Waals surface area contributed by atoms with Crippen molar-refractivity contribution in [1.82, 2.24) is 4.90 Å². The minimum absolute atomic E-state index is 0.0619. The summed E-state index contributed by atoms with van der Waals surface area (Å²) >= 11 is 0. The summed E-state index contributed by atoms with van der Waals surface area (Å²) in [5.74, 6) is -1.43. The molecule has 0 spiro atoms. The first-order chi connectivity index (χ1) is 8.97. The zero-order valence-electron chi connectivity index (χ0n) is 11.3. The summed E-state index contributed by atoms with van der Waals surface area (Å²) in [4.78, 5) is 24.1. The molecule has 1 saturated heterocycles. The van der Waals surface area contributed by atoms with Crippen molar-refractivity contribution >= 4 is 11.9 Å². The fourth-order valence-electron chi connectivity index (χ4n) is 2.31. The fraction of sp³-hybridized carbons (Fsp3) is 0.467. The van der Waals surface area contributed by atoms with Crippen LogP contribution < -0.4 is 5.11 Å². The molecule has 1 heterocycles. The Kier molecular flexibility index (Phi) is 3.88. The first-order valence-electron chi connectivity index (χ1n) is 6.55. The second-order valence-corrected chi connectivity index (χ2v) is 5.39. The number of aliphatic carboxylic acids is 1. The average molecular weight is 260 g/mol. The van der Waals surface area contributed by atoms with E-state index in [1.165, 1.54) is 5.56 Å². The maximum atomic E-state index is 11.7. The van der Waals surface area contributed by atoms with Crippen LogP contribution in [-0.2, 0) is 16.1 Å². The van der Waals surface area contributed by atoms with E-state index in [1.54, 1.807) is 4.90 Å². The largest absolute Gasteiger partial charge is 0.550 e. The predicted molar refractivity (Wildman–Crippen MR) is 69.1 cm³/mol. The third kappa shape index (κ3) is 3.13. The number of rotatable bonds is 4. The quantitative estimate of drug-likeness (QED) is 0.808. The summed E-state index contributed by atoms with van der Waals surface area (Å²) in [7, 11) is 0. The molecule has 102 valence electrons. The number of nitrogens with zero attached hydrogens (tertiary/aromatic N) is 1. The Morgan fingerprint density at radius 2 is 2.00 bits per heavy atom. The highest BCUT2D eigenvalue weighted by atomic mass is 16.4. The second kappa shape index (κ2) is 5.43. The van der Waals surface area contributed by atoms with Crippen molar-refractivity contribution in [1.29, 1.82) is 0 Å². The van der Waals surface area contributed by atoms with Gasteiger partial charge in [0.25, 0.3) is 0 Å².